The van der Waals surface area contributed by atoms with Gasteiger partial charge in [-0.15, -0.1) is 0 Å². The molecule has 1 aliphatic heterocycles. The molecule has 0 atom stereocenters. The molecule has 1 aromatic carbocycles. The number of para-hydroxylation sites is 1. The summed E-state index contributed by atoms with van der Waals surface area (Å²) >= 11 is 0. The fourth-order valence-corrected chi connectivity index (χ4v) is 6.37. The van der Waals surface area contributed by atoms with Gasteiger partial charge in [0.1, 0.15) is 0 Å². The summed E-state index contributed by atoms with van der Waals surface area (Å²) in [7, 11) is -1.33. The van der Waals surface area contributed by atoms with Gasteiger partial charge in [-0.05, 0) is 55.2 Å². The van der Waals surface area contributed by atoms with Crippen molar-refractivity contribution in [3.05, 3.63) is 52.3 Å². The Labute approximate surface area is 223 Å². The van der Waals surface area contributed by atoms with Crippen LogP contribution in [0.4, 0.5) is 11.6 Å². The lowest BCUT2D eigenvalue weighted by Gasteiger charge is -2.30. The Morgan fingerprint density at radius 2 is 1.79 bits per heavy atom. The van der Waals surface area contributed by atoms with Crippen molar-refractivity contribution in [1.82, 2.24) is 24.1 Å². The van der Waals surface area contributed by atoms with Crippen molar-refractivity contribution in [1.29, 1.82) is 0 Å². The lowest BCUT2D eigenvalue weighted by atomic mass is 9.93. The molecule has 38 heavy (non-hydrogen) atoms. The molecule has 3 aromatic rings. The molecule has 2 aliphatic rings. The minimum absolute atomic E-state index is 0.0911. The smallest absolute Gasteiger partial charge is 0.276 e. The van der Waals surface area contributed by atoms with E-state index in [4.69, 9.17) is 4.98 Å². The number of carbonyl (C=O) groups excluding carboxylic acids is 1. The first-order valence-corrected chi connectivity index (χ1v) is 15.1. The zero-order chi connectivity index (χ0) is 27.0. The maximum Gasteiger partial charge on any atom is 0.276 e. The summed E-state index contributed by atoms with van der Waals surface area (Å²) in [4.78, 5) is 22.9. The van der Waals surface area contributed by atoms with Gasteiger partial charge < -0.3 is 10.6 Å². The summed E-state index contributed by atoms with van der Waals surface area (Å²) in [6.45, 7) is 5.13. The van der Waals surface area contributed by atoms with Crippen LogP contribution < -0.4 is 10.6 Å². The lowest BCUT2D eigenvalue weighted by Crippen LogP contribution is -2.42. The van der Waals surface area contributed by atoms with Crippen LogP contribution in [0.25, 0.3) is 11.4 Å². The third kappa shape index (κ3) is 5.04. The van der Waals surface area contributed by atoms with Crippen molar-refractivity contribution in [3.8, 4) is 11.4 Å². The molecule has 0 bridgehead atoms. The van der Waals surface area contributed by atoms with Gasteiger partial charge in [0, 0.05) is 43.6 Å². The predicted molar refractivity (Wildman–Crippen MR) is 148 cm³/mol. The Morgan fingerprint density at radius 3 is 2.42 bits per heavy atom. The van der Waals surface area contributed by atoms with E-state index < -0.39 is 10.0 Å². The minimum Gasteiger partial charge on any atom is -0.351 e. The first-order valence-electron chi connectivity index (χ1n) is 13.3. The van der Waals surface area contributed by atoms with Crippen molar-refractivity contribution < 1.29 is 13.2 Å². The number of nitrogens with zero attached hydrogens (tertiary/aromatic N) is 5. The monoisotopic (exact) mass is 537 g/mol. The van der Waals surface area contributed by atoms with Crippen molar-refractivity contribution in [2.75, 3.05) is 30.0 Å². The standard InChI is InChI=1S/C27H35N7O3S/c1-5-17-8-7-9-18(6-2)22(17)30-26(35)24-21-11-10-19-16-28-27(31-23(19)25(21)33(3)32-24)29-20-12-14-34(15-13-20)38(4,36)37/h7-9,16,20H,5-6,10-15H2,1-4H3,(H,30,35)(H,28,29,31). The van der Waals surface area contributed by atoms with Gasteiger partial charge in [-0.25, -0.2) is 22.7 Å². The van der Waals surface area contributed by atoms with E-state index >= 15 is 0 Å². The summed E-state index contributed by atoms with van der Waals surface area (Å²) in [6, 6.07) is 6.23. The van der Waals surface area contributed by atoms with Gasteiger partial charge >= 0.3 is 0 Å². The number of piperidine rings is 1. The Bertz CT molecular complexity index is 1450. The van der Waals surface area contributed by atoms with Crippen LogP contribution in [0, 0.1) is 0 Å². The molecular weight excluding hydrogens is 502 g/mol. The third-order valence-corrected chi connectivity index (χ3v) is 8.89. The average molecular weight is 538 g/mol. The number of rotatable bonds is 7. The van der Waals surface area contributed by atoms with E-state index in [0.717, 1.165) is 58.6 Å². The largest absolute Gasteiger partial charge is 0.351 e. The quantitative estimate of drug-likeness (QED) is 0.475. The molecule has 1 aliphatic carbocycles. The molecule has 0 spiro atoms. The summed E-state index contributed by atoms with van der Waals surface area (Å²) in [5, 5.41) is 11.2. The summed E-state index contributed by atoms with van der Waals surface area (Å²) in [5.41, 5.74) is 7.08. The number of carbonyl (C=O) groups is 1. The summed E-state index contributed by atoms with van der Waals surface area (Å²) in [5.74, 6) is 0.303. The Morgan fingerprint density at radius 1 is 1.11 bits per heavy atom. The molecule has 1 fully saturated rings. The molecule has 0 unspecified atom stereocenters. The van der Waals surface area contributed by atoms with E-state index in [1.165, 1.54) is 10.6 Å². The second-order valence-electron chi connectivity index (χ2n) is 10.1. The van der Waals surface area contributed by atoms with E-state index in [0.29, 0.717) is 44.0 Å². The first kappa shape index (κ1) is 26.3. The number of aromatic nitrogens is 4. The van der Waals surface area contributed by atoms with Crippen LogP contribution in [-0.4, -0.2) is 63.8 Å². The highest BCUT2D eigenvalue weighted by Crippen LogP contribution is 2.35. The van der Waals surface area contributed by atoms with E-state index in [9.17, 15) is 13.2 Å². The molecule has 11 heteroatoms. The minimum atomic E-state index is -3.17. The van der Waals surface area contributed by atoms with Crippen LogP contribution in [0.2, 0.25) is 0 Å². The average Bonchev–Trinajstić information content (AvgIpc) is 3.25. The second kappa shape index (κ2) is 10.5. The van der Waals surface area contributed by atoms with Crippen molar-refractivity contribution in [3.63, 3.8) is 0 Å². The highest BCUT2D eigenvalue weighted by atomic mass is 32.2. The summed E-state index contributed by atoms with van der Waals surface area (Å²) < 4.78 is 26.9. The molecule has 3 heterocycles. The maximum atomic E-state index is 13.5. The van der Waals surface area contributed by atoms with Crippen molar-refractivity contribution in [2.45, 2.75) is 58.4 Å². The highest BCUT2D eigenvalue weighted by Gasteiger charge is 2.30. The predicted octanol–water partition coefficient (Wildman–Crippen LogP) is 3.19. The number of amides is 1. The van der Waals surface area contributed by atoms with E-state index in [2.05, 4.69) is 46.7 Å². The molecule has 2 aromatic heterocycles. The Hall–Kier alpha value is -3.31. The van der Waals surface area contributed by atoms with Gasteiger partial charge in [-0.3, -0.25) is 9.48 Å². The molecule has 0 radical (unpaired) electrons. The zero-order valence-corrected chi connectivity index (χ0v) is 23.2. The Balaban J connectivity index is 1.39. The normalized spacial score (nSPS) is 16.1. The van der Waals surface area contributed by atoms with Gasteiger partial charge in [0.05, 0.1) is 17.6 Å². The van der Waals surface area contributed by atoms with Gasteiger partial charge in [0.25, 0.3) is 5.91 Å². The van der Waals surface area contributed by atoms with Gasteiger partial charge in [-0.1, -0.05) is 32.0 Å². The van der Waals surface area contributed by atoms with E-state index in [1.807, 2.05) is 19.3 Å². The SMILES string of the molecule is CCc1cccc(CC)c1NC(=O)c1nn(C)c2c1CCc1cnc(NC3CCN(S(C)(=O)=O)CC3)nc1-2. The molecule has 2 N–H and O–H groups in total. The molecule has 10 nitrogen and oxygen atoms in total. The molecular formula is C27H35N7O3S. The molecule has 1 saturated heterocycles. The number of anilines is 2. The number of fused-ring (bicyclic) bond motifs is 3. The van der Waals surface area contributed by atoms with Crippen LogP contribution in [-0.2, 0) is 42.8 Å². The van der Waals surface area contributed by atoms with Crippen LogP contribution >= 0.6 is 0 Å². The number of nitrogens with one attached hydrogen (secondary N) is 2. The van der Waals surface area contributed by atoms with E-state index in [1.54, 1.807) is 4.68 Å². The second-order valence-corrected chi connectivity index (χ2v) is 12.0. The fourth-order valence-electron chi connectivity index (χ4n) is 5.50. The topological polar surface area (TPSA) is 122 Å². The molecule has 0 saturated carbocycles. The highest BCUT2D eigenvalue weighted by molar-refractivity contribution is 7.88. The van der Waals surface area contributed by atoms with Crippen LogP contribution in [0.15, 0.2) is 24.4 Å². The maximum absolute atomic E-state index is 13.5. The molecule has 1 amide bonds. The van der Waals surface area contributed by atoms with Crippen molar-refractivity contribution >= 4 is 27.6 Å². The number of benzene rings is 1. The van der Waals surface area contributed by atoms with Gasteiger partial charge in [0.15, 0.2) is 5.69 Å². The fraction of sp³-hybridized carbons (Fsp3) is 0.481. The van der Waals surface area contributed by atoms with Gasteiger partial charge in [-0.2, -0.15) is 5.10 Å². The Kier molecular flexibility index (Phi) is 7.23. The van der Waals surface area contributed by atoms with Crippen LogP contribution in [0.5, 0.6) is 0 Å². The number of hydrogen-bond acceptors (Lipinski definition) is 7. The van der Waals surface area contributed by atoms with Crippen LogP contribution in [0.3, 0.4) is 0 Å². The summed E-state index contributed by atoms with van der Waals surface area (Å²) in [6.07, 6.45) is 7.55. The lowest BCUT2D eigenvalue weighted by molar-refractivity contribution is 0.102. The third-order valence-electron chi connectivity index (χ3n) is 7.59. The van der Waals surface area contributed by atoms with E-state index in [-0.39, 0.29) is 11.9 Å². The number of hydrogen-bond donors (Lipinski definition) is 2. The number of sulfonamides is 1. The zero-order valence-electron chi connectivity index (χ0n) is 22.4. The molecule has 5 rings (SSSR count). The van der Waals surface area contributed by atoms with Gasteiger partial charge in [0.2, 0.25) is 16.0 Å². The first-order chi connectivity index (χ1) is 18.2. The van der Waals surface area contributed by atoms with Crippen molar-refractivity contribution in [2.24, 2.45) is 7.05 Å². The number of aryl methyl sites for hydroxylation is 4. The van der Waals surface area contributed by atoms with Crippen LogP contribution in [0.1, 0.15) is 59.4 Å². The molecule has 202 valence electrons.